The Balaban J connectivity index is 1.45. The highest BCUT2D eigenvalue weighted by molar-refractivity contribution is 5.79. The Kier molecular flexibility index (Phi) is 3.74. The maximum absolute atomic E-state index is 12.2. The van der Waals surface area contributed by atoms with Gasteiger partial charge in [-0.25, -0.2) is 0 Å². The molecule has 3 rings (SSSR count). The first-order valence-corrected chi connectivity index (χ1v) is 7.59. The number of aromatic nitrogens is 1. The highest BCUT2D eigenvalue weighted by Gasteiger charge is 2.47. The van der Waals surface area contributed by atoms with Gasteiger partial charge in [-0.05, 0) is 56.1 Å². The predicted octanol–water partition coefficient (Wildman–Crippen LogP) is 1.42. The lowest BCUT2D eigenvalue weighted by molar-refractivity contribution is -0.124. The Morgan fingerprint density at radius 3 is 3.00 bits per heavy atom. The van der Waals surface area contributed by atoms with E-state index < -0.39 is 0 Å². The van der Waals surface area contributed by atoms with Crippen molar-refractivity contribution in [2.24, 2.45) is 23.5 Å². The van der Waals surface area contributed by atoms with E-state index in [1.165, 1.54) is 5.56 Å². The first kappa shape index (κ1) is 13.6. The SMILES string of the molecule is Cc1ncccc1CCNC(=O)C1CC2CC(N)C2C1. The number of nitrogens with zero attached hydrogens (tertiary/aromatic N) is 1. The second-order valence-electron chi connectivity index (χ2n) is 6.28. The van der Waals surface area contributed by atoms with Crippen LogP contribution in [0.1, 0.15) is 30.5 Å². The topological polar surface area (TPSA) is 68.0 Å². The molecule has 1 amide bonds. The lowest BCUT2D eigenvalue weighted by Gasteiger charge is -2.37. The predicted molar refractivity (Wildman–Crippen MR) is 78.0 cm³/mol. The molecule has 4 atom stereocenters. The highest BCUT2D eigenvalue weighted by Crippen LogP contribution is 2.48. The molecule has 0 aromatic carbocycles. The molecular weight excluding hydrogens is 250 g/mol. The Hall–Kier alpha value is -1.42. The van der Waals surface area contributed by atoms with E-state index in [9.17, 15) is 4.79 Å². The van der Waals surface area contributed by atoms with Crippen molar-refractivity contribution in [2.75, 3.05) is 6.54 Å². The van der Waals surface area contributed by atoms with Crippen molar-refractivity contribution in [3.05, 3.63) is 29.6 Å². The van der Waals surface area contributed by atoms with Gasteiger partial charge in [-0.15, -0.1) is 0 Å². The third-order valence-corrected chi connectivity index (χ3v) is 5.06. The Morgan fingerprint density at radius 2 is 2.30 bits per heavy atom. The minimum absolute atomic E-state index is 0.188. The van der Waals surface area contributed by atoms with Gasteiger partial charge >= 0.3 is 0 Å². The molecule has 0 radical (unpaired) electrons. The molecule has 2 saturated carbocycles. The summed E-state index contributed by atoms with van der Waals surface area (Å²) in [5.74, 6) is 1.72. The molecular formula is C16H23N3O. The minimum atomic E-state index is 0.188. The molecule has 2 aliphatic rings. The standard InChI is InChI=1S/C16H23N3O/c1-10-11(3-2-5-18-10)4-6-19-16(20)13-7-12-9-15(17)14(12)8-13/h2-3,5,12-15H,4,6-9,17H2,1H3,(H,19,20). The molecule has 2 aliphatic carbocycles. The Morgan fingerprint density at radius 1 is 1.45 bits per heavy atom. The van der Waals surface area contributed by atoms with Crippen LogP contribution in [0.25, 0.3) is 0 Å². The fourth-order valence-electron chi connectivity index (χ4n) is 3.74. The fraction of sp³-hybridized carbons (Fsp3) is 0.625. The second-order valence-corrected chi connectivity index (χ2v) is 6.28. The zero-order chi connectivity index (χ0) is 14.1. The van der Waals surface area contributed by atoms with Gasteiger partial charge in [0.15, 0.2) is 0 Å². The fourth-order valence-corrected chi connectivity index (χ4v) is 3.74. The van der Waals surface area contributed by atoms with E-state index in [0.29, 0.717) is 24.4 Å². The molecule has 1 aromatic rings. The third kappa shape index (κ3) is 2.57. The quantitative estimate of drug-likeness (QED) is 0.872. The summed E-state index contributed by atoms with van der Waals surface area (Å²) in [5, 5.41) is 3.08. The van der Waals surface area contributed by atoms with Gasteiger partial charge in [-0.1, -0.05) is 6.07 Å². The van der Waals surface area contributed by atoms with Crippen molar-refractivity contribution < 1.29 is 4.79 Å². The number of aryl methyl sites for hydroxylation is 1. The van der Waals surface area contributed by atoms with Crippen molar-refractivity contribution in [1.82, 2.24) is 10.3 Å². The first-order valence-electron chi connectivity index (χ1n) is 7.59. The monoisotopic (exact) mass is 273 g/mol. The van der Waals surface area contributed by atoms with E-state index >= 15 is 0 Å². The van der Waals surface area contributed by atoms with Crippen LogP contribution in [0.2, 0.25) is 0 Å². The molecule has 4 unspecified atom stereocenters. The van der Waals surface area contributed by atoms with Gasteiger partial charge in [0.25, 0.3) is 0 Å². The number of nitrogens with two attached hydrogens (primary N) is 1. The average molecular weight is 273 g/mol. The van der Waals surface area contributed by atoms with Crippen LogP contribution in [0.15, 0.2) is 18.3 Å². The van der Waals surface area contributed by atoms with Gasteiger partial charge in [-0.3, -0.25) is 9.78 Å². The molecule has 4 heteroatoms. The number of carbonyl (C=O) groups excluding carboxylic acids is 1. The zero-order valence-corrected chi connectivity index (χ0v) is 12.0. The second kappa shape index (κ2) is 5.52. The number of pyridine rings is 1. The summed E-state index contributed by atoms with van der Waals surface area (Å²) in [4.78, 5) is 16.4. The van der Waals surface area contributed by atoms with Crippen LogP contribution in [-0.4, -0.2) is 23.5 Å². The minimum Gasteiger partial charge on any atom is -0.356 e. The number of carbonyl (C=O) groups is 1. The molecule has 3 N–H and O–H groups in total. The van der Waals surface area contributed by atoms with Crippen LogP contribution in [-0.2, 0) is 11.2 Å². The number of hydrogen-bond donors (Lipinski definition) is 2. The molecule has 0 saturated heterocycles. The van der Waals surface area contributed by atoms with Crippen LogP contribution >= 0.6 is 0 Å². The van der Waals surface area contributed by atoms with Crippen molar-refractivity contribution in [3.8, 4) is 0 Å². The molecule has 0 aliphatic heterocycles. The van der Waals surface area contributed by atoms with Crippen LogP contribution in [0.5, 0.6) is 0 Å². The lowest BCUT2D eigenvalue weighted by atomic mass is 9.72. The average Bonchev–Trinajstić information content (AvgIpc) is 2.78. The number of rotatable bonds is 4. The Labute approximate surface area is 120 Å². The zero-order valence-electron chi connectivity index (χ0n) is 12.0. The van der Waals surface area contributed by atoms with E-state index in [0.717, 1.165) is 31.4 Å². The van der Waals surface area contributed by atoms with Crippen LogP contribution in [0, 0.1) is 24.7 Å². The largest absolute Gasteiger partial charge is 0.356 e. The lowest BCUT2D eigenvalue weighted by Crippen LogP contribution is -2.44. The summed E-state index contributed by atoms with van der Waals surface area (Å²) >= 11 is 0. The summed E-state index contributed by atoms with van der Waals surface area (Å²) in [6.07, 6.45) is 5.79. The van der Waals surface area contributed by atoms with E-state index in [1.54, 1.807) is 6.20 Å². The van der Waals surface area contributed by atoms with Crippen LogP contribution in [0.4, 0.5) is 0 Å². The normalized spacial score (nSPS) is 31.5. The maximum atomic E-state index is 12.2. The van der Waals surface area contributed by atoms with Gasteiger partial charge < -0.3 is 11.1 Å². The molecule has 0 spiro atoms. The summed E-state index contributed by atoms with van der Waals surface area (Å²) < 4.78 is 0. The van der Waals surface area contributed by atoms with Gasteiger partial charge in [0, 0.05) is 30.4 Å². The van der Waals surface area contributed by atoms with Crippen LogP contribution in [0.3, 0.4) is 0 Å². The molecule has 1 aromatic heterocycles. The molecule has 108 valence electrons. The van der Waals surface area contributed by atoms with E-state index in [-0.39, 0.29) is 11.8 Å². The first-order chi connectivity index (χ1) is 9.65. The van der Waals surface area contributed by atoms with E-state index in [2.05, 4.69) is 16.4 Å². The molecule has 4 nitrogen and oxygen atoms in total. The summed E-state index contributed by atoms with van der Waals surface area (Å²) in [5.41, 5.74) is 8.24. The number of nitrogens with one attached hydrogen (secondary N) is 1. The van der Waals surface area contributed by atoms with Gasteiger partial charge in [0.05, 0.1) is 0 Å². The Bertz CT molecular complexity index is 502. The van der Waals surface area contributed by atoms with Crippen molar-refractivity contribution in [3.63, 3.8) is 0 Å². The highest BCUT2D eigenvalue weighted by atomic mass is 16.1. The van der Waals surface area contributed by atoms with E-state index in [4.69, 9.17) is 5.73 Å². The van der Waals surface area contributed by atoms with Gasteiger partial charge in [0.1, 0.15) is 0 Å². The number of amides is 1. The molecule has 20 heavy (non-hydrogen) atoms. The van der Waals surface area contributed by atoms with Gasteiger partial charge in [-0.2, -0.15) is 0 Å². The summed E-state index contributed by atoms with van der Waals surface area (Å²) in [7, 11) is 0. The summed E-state index contributed by atoms with van der Waals surface area (Å²) in [6.45, 7) is 2.70. The van der Waals surface area contributed by atoms with E-state index in [1.807, 2.05) is 13.0 Å². The third-order valence-electron chi connectivity index (χ3n) is 5.06. The smallest absolute Gasteiger partial charge is 0.223 e. The summed E-state index contributed by atoms with van der Waals surface area (Å²) in [6, 6.07) is 4.36. The van der Waals surface area contributed by atoms with Gasteiger partial charge in [0.2, 0.25) is 5.91 Å². The molecule has 1 heterocycles. The van der Waals surface area contributed by atoms with Crippen molar-refractivity contribution >= 4 is 5.91 Å². The van der Waals surface area contributed by atoms with Crippen molar-refractivity contribution in [2.45, 2.75) is 38.6 Å². The molecule has 0 bridgehead atoms. The van der Waals surface area contributed by atoms with Crippen molar-refractivity contribution in [1.29, 1.82) is 0 Å². The number of hydrogen-bond acceptors (Lipinski definition) is 3. The van der Waals surface area contributed by atoms with Crippen LogP contribution < -0.4 is 11.1 Å². The maximum Gasteiger partial charge on any atom is 0.223 e. The number of fused-ring (bicyclic) bond motifs is 1. The molecule has 2 fully saturated rings.